The van der Waals surface area contributed by atoms with Gasteiger partial charge in [-0.15, -0.1) is 11.3 Å². The van der Waals surface area contributed by atoms with Gasteiger partial charge in [0.1, 0.15) is 22.1 Å². The van der Waals surface area contributed by atoms with Crippen molar-refractivity contribution >= 4 is 17.2 Å². The fourth-order valence-electron chi connectivity index (χ4n) is 2.35. The number of hydrogen-bond donors (Lipinski definition) is 2. The molecule has 0 aliphatic rings. The summed E-state index contributed by atoms with van der Waals surface area (Å²) in [4.78, 5) is 18.4. The maximum absolute atomic E-state index is 12.4. The van der Waals surface area contributed by atoms with Crippen molar-refractivity contribution in [2.24, 2.45) is 0 Å². The van der Waals surface area contributed by atoms with Crippen LogP contribution in [0, 0.1) is 0 Å². The van der Waals surface area contributed by atoms with Crippen molar-refractivity contribution in [1.82, 2.24) is 9.88 Å². The number of carbonyl (C=O) groups is 1. The van der Waals surface area contributed by atoms with Gasteiger partial charge in [-0.2, -0.15) is 0 Å². The van der Waals surface area contributed by atoms with Crippen LogP contribution in [0.25, 0.3) is 10.6 Å². The molecule has 24 heavy (non-hydrogen) atoms. The number of phenolic OH excluding ortho intramolecular Hbond substituents is 2. The van der Waals surface area contributed by atoms with Crippen molar-refractivity contribution in [2.75, 3.05) is 7.05 Å². The van der Waals surface area contributed by atoms with Gasteiger partial charge in [0.05, 0.1) is 12.2 Å². The lowest BCUT2D eigenvalue weighted by Gasteiger charge is -2.17. The van der Waals surface area contributed by atoms with Crippen molar-refractivity contribution in [3.05, 3.63) is 65.2 Å². The van der Waals surface area contributed by atoms with E-state index in [0.29, 0.717) is 0 Å². The van der Waals surface area contributed by atoms with Gasteiger partial charge in [-0.3, -0.25) is 4.79 Å². The molecule has 0 unspecified atom stereocenters. The first-order valence-electron chi connectivity index (χ1n) is 7.32. The van der Waals surface area contributed by atoms with Gasteiger partial charge in [0.15, 0.2) is 0 Å². The van der Waals surface area contributed by atoms with E-state index in [1.807, 2.05) is 35.7 Å². The highest BCUT2D eigenvalue weighted by Gasteiger charge is 2.20. The van der Waals surface area contributed by atoms with E-state index in [2.05, 4.69) is 4.98 Å². The van der Waals surface area contributed by atoms with Crippen molar-refractivity contribution < 1.29 is 15.0 Å². The van der Waals surface area contributed by atoms with E-state index >= 15 is 0 Å². The van der Waals surface area contributed by atoms with Crippen LogP contribution in [-0.2, 0) is 6.54 Å². The van der Waals surface area contributed by atoms with Gasteiger partial charge in [-0.1, -0.05) is 36.4 Å². The zero-order valence-electron chi connectivity index (χ0n) is 13.0. The fraction of sp³-hybridized carbons (Fsp3) is 0.111. The summed E-state index contributed by atoms with van der Waals surface area (Å²) in [5, 5.41) is 22.4. The van der Waals surface area contributed by atoms with Gasteiger partial charge < -0.3 is 15.1 Å². The minimum atomic E-state index is -0.458. The lowest BCUT2D eigenvalue weighted by atomic mass is 10.1. The number of thiazole rings is 1. The van der Waals surface area contributed by atoms with Crippen molar-refractivity contribution in [2.45, 2.75) is 6.54 Å². The number of benzene rings is 2. The van der Waals surface area contributed by atoms with Gasteiger partial charge in [0, 0.05) is 18.0 Å². The van der Waals surface area contributed by atoms with Crippen molar-refractivity contribution in [3.8, 4) is 22.1 Å². The number of phenols is 2. The largest absolute Gasteiger partial charge is 0.507 e. The lowest BCUT2D eigenvalue weighted by Crippen LogP contribution is -2.26. The molecule has 0 saturated carbocycles. The minimum absolute atomic E-state index is 0.0986. The molecule has 3 rings (SSSR count). The third kappa shape index (κ3) is 3.23. The molecule has 1 amide bonds. The summed E-state index contributed by atoms with van der Waals surface area (Å²) in [6, 6.07) is 14.0. The van der Waals surface area contributed by atoms with E-state index in [-0.39, 0.29) is 23.6 Å². The lowest BCUT2D eigenvalue weighted by molar-refractivity contribution is 0.0777. The molecule has 0 fully saturated rings. The van der Waals surface area contributed by atoms with Crippen molar-refractivity contribution in [1.29, 1.82) is 0 Å². The molecule has 0 saturated heterocycles. The van der Waals surface area contributed by atoms with Crippen LogP contribution in [0.5, 0.6) is 11.5 Å². The fourth-order valence-corrected chi connectivity index (χ4v) is 3.16. The topological polar surface area (TPSA) is 73.7 Å². The summed E-state index contributed by atoms with van der Waals surface area (Å²) in [7, 11) is 1.61. The quantitative estimate of drug-likeness (QED) is 0.762. The summed E-state index contributed by atoms with van der Waals surface area (Å²) in [6.07, 6.45) is 0. The first kappa shape index (κ1) is 16.0. The van der Waals surface area contributed by atoms with Crippen LogP contribution in [0.15, 0.2) is 53.9 Å². The summed E-state index contributed by atoms with van der Waals surface area (Å²) in [5.41, 5.74) is 1.68. The molecule has 0 spiro atoms. The highest BCUT2D eigenvalue weighted by molar-refractivity contribution is 7.13. The molecule has 2 aromatic carbocycles. The maximum Gasteiger partial charge on any atom is 0.261 e. The normalized spacial score (nSPS) is 10.5. The first-order chi connectivity index (χ1) is 11.6. The summed E-state index contributed by atoms with van der Waals surface area (Å²) in [6.45, 7) is 0.288. The number of rotatable bonds is 4. The van der Waals surface area contributed by atoms with Crippen LogP contribution in [0.4, 0.5) is 0 Å². The first-order valence-corrected chi connectivity index (χ1v) is 8.20. The molecule has 0 atom stereocenters. The van der Waals surface area contributed by atoms with Gasteiger partial charge >= 0.3 is 0 Å². The number of carbonyl (C=O) groups excluding carboxylic acids is 1. The van der Waals surface area contributed by atoms with Crippen LogP contribution in [0.1, 0.15) is 16.1 Å². The van der Waals surface area contributed by atoms with E-state index in [9.17, 15) is 15.0 Å². The molecule has 0 radical (unpaired) electrons. The Bertz CT molecular complexity index is 841. The summed E-state index contributed by atoms with van der Waals surface area (Å²) in [5.74, 6) is -0.940. The van der Waals surface area contributed by atoms with Gasteiger partial charge in [-0.25, -0.2) is 4.98 Å². The molecule has 2 N–H and O–H groups in total. The summed E-state index contributed by atoms with van der Waals surface area (Å²) < 4.78 is 0. The molecule has 1 aromatic heterocycles. The number of aromatic hydroxyl groups is 2. The molecule has 6 heteroatoms. The second kappa shape index (κ2) is 6.72. The van der Waals surface area contributed by atoms with E-state index in [0.717, 1.165) is 16.3 Å². The maximum atomic E-state index is 12.4. The number of aromatic nitrogens is 1. The van der Waals surface area contributed by atoms with Gasteiger partial charge in [0.2, 0.25) is 0 Å². The Balaban J connectivity index is 1.77. The average Bonchev–Trinajstić information content (AvgIpc) is 3.04. The molecular weight excluding hydrogens is 324 g/mol. The van der Waals surface area contributed by atoms with Crippen LogP contribution in [0.2, 0.25) is 0 Å². The predicted molar refractivity (Wildman–Crippen MR) is 93.1 cm³/mol. The Labute approximate surface area is 143 Å². The zero-order valence-corrected chi connectivity index (χ0v) is 13.8. The molecule has 0 bridgehead atoms. The average molecular weight is 340 g/mol. The van der Waals surface area contributed by atoms with Crippen LogP contribution < -0.4 is 0 Å². The standard InChI is InChI=1S/C18H16N2O3S/c1-20(18(23)16-14(21)8-5-9-15(16)22)10-13-11-24-17(19-13)12-6-3-2-4-7-12/h2-9,11,21-22H,10H2,1H3. The van der Waals surface area contributed by atoms with Gasteiger partial charge in [-0.05, 0) is 12.1 Å². The smallest absolute Gasteiger partial charge is 0.261 e. The van der Waals surface area contributed by atoms with Crippen LogP contribution in [0.3, 0.4) is 0 Å². The van der Waals surface area contributed by atoms with E-state index in [1.54, 1.807) is 7.05 Å². The third-order valence-corrected chi connectivity index (χ3v) is 4.49. The molecule has 3 aromatic rings. The number of nitrogens with zero attached hydrogens (tertiary/aromatic N) is 2. The highest BCUT2D eigenvalue weighted by Crippen LogP contribution is 2.28. The Kier molecular flexibility index (Phi) is 4.48. The Hall–Kier alpha value is -2.86. The highest BCUT2D eigenvalue weighted by atomic mass is 32.1. The molecule has 0 aliphatic heterocycles. The molecule has 1 heterocycles. The van der Waals surface area contributed by atoms with Crippen LogP contribution >= 0.6 is 11.3 Å². The molecule has 0 aliphatic carbocycles. The van der Waals surface area contributed by atoms with Crippen molar-refractivity contribution in [3.63, 3.8) is 0 Å². The second-order valence-electron chi connectivity index (χ2n) is 5.34. The number of hydrogen-bond acceptors (Lipinski definition) is 5. The minimum Gasteiger partial charge on any atom is -0.507 e. The second-order valence-corrected chi connectivity index (χ2v) is 6.20. The van der Waals surface area contributed by atoms with E-state index < -0.39 is 5.91 Å². The SMILES string of the molecule is CN(Cc1csc(-c2ccccc2)n1)C(=O)c1c(O)cccc1O. The predicted octanol–water partition coefficient (Wildman–Crippen LogP) is 3.49. The number of amides is 1. The van der Waals surface area contributed by atoms with E-state index in [4.69, 9.17) is 0 Å². The van der Waals surface area contributed by atoms with Gasteiger partial charge in [0.25, 0.3) is 5.91 Å². The monoisotopic (exact) mass is 340 g/mol. The summed E-state index contributed by atoms with van der Waals surface area (Å²) >= 11 is 1.51. The third-order valence-electron chi connectivity index (χ3n) is 3.55. The Morgan fingerprint density at radius 1 is 1.08 bits per heavy atom. The zero-order chi connectivity index (χ0) is 17.1. The molecule has 122 valence electrons. The Morgan fingerprint density at radius 3 is 2.42 bits per heavy atom. The van der Waals surface area contributed by atoms with Crippen LogP contribution in [-0.4, -0.2) is 33.1 Å². The molecule has 5 nitrogen and oxygen atoms in total. The molecular formula is C18H16N2O3S. The van der Waals surface area contributed by atoms with E-state index in [1.165, 1.54) is 34.4 Å². The Morgan fingerprint density at radius 2 is 1.75 bits per heavy atom.